The lowest BCUT2D eigenvalue weighted by molar-refractivity contribution is -0.119. The number of carbonyl (C=O) groups is 2. The molecular formula is C10H11FN2O3. The molecule has 0 bridgehead atoms. The number of halogens is 1. The van der Waals surface area contributed by atoms with E-state index in [4.69, 9.17) is 0 Å². The number of hydrogen-bond donors (Lipinski definition) is 3. The molecule has 0 radical (unpaired) electrons. The van der Waals surface area contributed by atoms with Gasteiger partial charge in [-0.05, 0) is 18.2 Å². The molecule has 1 aromatic carbocycles. The number of hydrogen-bond acceptors (Lipinski definition) is 3. The van der Waals surface area contributed by atoms with Crippen molar-refractivity contribution in [3.63, 3.8) is 0 Å². The topological polar surface area (TPSA) is 78.4 Å². The molecule has 16 heavy (non-hydrogen) atoms. The normalized spacial score (nSPS) is 9.62. The van der Waals surface area contributed by atoms with Crippen LogP contribution in [0.2, 0.25) is 0 Å². The van der Waals surface area contributed by atoms with Gasteiger partial charge in [0.25, 0.3) is 5.91 Å². The Kier molecular flexibility index (Phi) is 3.82. The van der Waals surface area contributed by atoms with Crippen molar-refractivity contribution in [1.82, 2.24) is 10.6 Å². The van der Waals surface area contributed by atoms with Crippen LogP contribution in [0.25, 0.3) is 0 Å². The van der Waals surface area contributed by atoms with Gasteiger partial charge in [-0.1, -0.05) is 0 Å². The Morgan fingerprint density at radius 2 is 2.12 bits per heavy atom. The third kappa shape index (κ3) is 2.94. The standard InChI is InChI=1S/C10H11FN2O3/c1-12-9(15)5-13-10(16)7-4-6(11)2-3-8(7)14/h2-4,14H,5H2,1H3,(H,12,15)(H,13,16). The van der Waals surface area contributed by atoms with Gasteiger partial charge in [-0.15, -0.1) is 0 Å². The van der Waals surface area contributed by atoms with Crippen molar-refractivity contribution in [1.29, 1.82) is 0 Å². The molecule has 1 aromatic rings. The van der Waals surface area contributed by atoms with E-state index >= 15 is 0 Å². The van der Waals surface area contributed by atoms with Crippen LogP contribution in [0.5, 0.6) is 5.75 Å². The molecule has 0 saturated carbocycles. The summed E-state index contributed by atoms with van der Waals surface area (Å²) in [6.07, 6.45) is 0. The lowest BCUT2D eigenvalue weighted by atomic mass is 10.2. The van der Waals surface area contributed by atoms with Crippen molar-refractivity contribution in [2.45, 2.75) is 0 Å². The molecule has 0 fully saturated rings. The summed E-state index contributed by atoms with van der Waals surface area (Å²) in [6, 6.07) is 3.00. The predicted octanol–water partition coefficient (Wildman–Crippen LogP) is 0.00710. The molecule has 3 N–H and O–H groups in total. The average Bonchev–Trinajstić information content (AvgIpc) is 2.28. The third-order valence-corrected chi connectivity index (χ3v) is 1.89. The van der Waals surface area contributed by atoms with Crippen LogP contribution in [0.4, 0.5) is 4.39 Å². The van der Waals surface area contributed by atoms with Crippen molar-refractivity contribution in [2.24, 2.45) is 0 Å². The zero-order valence-electron chi connectivity index (χ0n) is 8.58. The molecule has 0 aromatic heterocycles. The number of aromatic hydroxyl groups is 1. The number of carbonyl (C=O) groups excluding carboxylic acids is 2. The molecule has 2 amide bonds. The van der Waals surface area contributed by atoms with E-state index in [1.165, 1.54) is 7.05 Å². The highest BCUT2D eigenvalue weighted by atomic mass is 19.1. The summed E-state index contributed by atoms with van der Waals surface area (Å²) in [6.45, 7) is -0.231. The predicted molar refractivity (Wildman–Crippen MR) is 54.5 cm³/mol. The fourth-order valence-corrected chi connectivity index (χ4v) is 1.03. The van der Waals surface area contributed by atoms with E-state index in [-0.39, 0.29) is 23.8 Å². The lowest BCUT2D eigenvalue weighted by Crippen LogP contribution is -2.35. The van der Waals surface area contributed by atoms with Crippen molar-refractivity contribution in [3.05, 3.63) is 29.6 Å². The Morgan fingerprint density at radius 1 is 1.44 bits per heavy atom. The molecule has 0 heterocycles. The van der Waals surface area contributed by atoms with E-state index in [0.717, 1.165) is 18.2 Å². The first-order chi connectivity index (χ1) is 7.54. The Balaban J connectivity index is 2.73. The van der Waals surface area contributed by atoms with E-state index in [0.29, 0.717) is 0 Å². The van der Waals surface area contributed by atoms with Crippen LogP contribution in [0.1, 0.15) is 10.4 Å². The minimum absolute atomic E-state index is 0.205. The van der Waals surface area contributed by atoms with Gasteiger partial charge in [0.15, 0.2) is 0 Å². The van der Waals surface area contributed by atoms with Crippen molar-refractivity contribution in [3.8, 4) is 5.75 Å². The highest BCUT2D eigenvalue weighted by molar-refractivity contribution is 5.98. The summed E-state index contributed by atoms with van der Waals surface area (Å²) in [4.78, 5) is 22.3. The Labute approximate surface area is 91.3 Å². The van der Waals surface area contributed by atoms with Crippen LogP contribution in [0, 0.1) is 5.82 Å². The fraction of sp³-hybridized carbons (Fsp3) is 0.200. The summed E-state index contributed by atoms with van der Waals surface area (Å²) >= 11 is 0. The summed E-state index contributed by atoms with van der Waals surface area (Å²) in [7, 11) is 1.42. The second-order valence-electron chi connectivity index (χ2n) is 3.02. The first-order valence-electron chi connectivity index (χ1n) is 4.52. The first-order valence-corrected chi connectivity index (χ1v) is 4.52. The van der Waals surface area contributed by atoms with Gasteiger partial charge in [0, 0.05) is 7.05 Å². The molecular weight excluding hydrogens is 215 g/mol. The van der Waals surface area contributed by atoms with Crippen LogP contribution >= 0.6 is 0 Å². The molecule has 0 aliphatic rings. The minimum atomic E-state index is -0.708. The molecule has 0 saturated heterocycles. The Bertz CT molecular complexity index is 421. The quantitative estimate of drug-likeness (QED) is 0.679. The largest absolute Gasteiger partial charge is 0.507 e. The number of amides is 2. The molecule has 5 nitrogen and oxygen atoms in total. The molecule has 6 heteroatoms. The van der Waals surface area contributed by atoms with Gasteiger partial charge in [0.1, 0.15) is 11.6 Å². The molecule has 0 aliphatic heterocycles. The smallest absolute Gasteiger partial charge is 0.255 e. The number of rotatable bonds is 3. The van der Waals surface area contributed by atoms with Crippen LogP contribution < -0.4 is 10.6 Å². The Morgan fingerprint density at radius 3 is 2.75 bits per heavy atom. The third-order valence-electron chi connectivity index (χ3n) is 1.89. The summed E-state index contributed by atoms with van der Waals surface area (Å²) in [5.74, 6) is -2.07. The van der Waals surface area contributed by atoms with Crippen LogP contribution in [0.15, 0.2) is 18.2 Å². The fourth-order valence-electron chi connectivity index (χ4n) is 1.03. The number of phenols is 1. The number of phenolic OH excluding ortho intramolecular Hbond substituents is 1. The highest BCUT2D eigenvalue weighted by Gasteiger charge is 2.12. The second-order valence-corrected chi connectivity index (χ2v) is 3.02. The minimum Gasteiger partial charge on any atom is -0.507 e. The summed E-state index contributed by atoms with van der Waals surface area (Å²) in [5.41, 5.74) is -0.205. The van der Waals surface area contributed by atoms with Crippen LogP contribution in [-0.2, 0) is 4.79 Å². The molecule has 86 valence electrons. The van der Waals surface area contributed by atoms with E-state index in [9.17, 15) is 19.1 Å². The zero-order chi connectivity index (χ0) is 12.1. The van der Waals surface area contributed by atoms with Crippen molar-refractivity contribution >= 4 is 11.8 Å². The highest BCUT2D eigenvalue weighted by Crippen LogP contribution is 2.17. The van der Waals surface area contributed by atoms with E-state index < -0.39 is 11.7 Å². The SMILES string of the molecule is CNC(=O)CNC(=O)c1cc(F)ccc1O. The van der Waals surface area contributed by atoms with Gasteiger partial charge in [-0.3, -0.25) is 9.59 Å². The molecule has 0 aliphatic carbocycles. The van der Waals surface area contributed by atoms with Crippen LogP contribution in [0.3, 0.4) is 0 Å². The van der Waals surface area contributed by atoms with E-state index in [1.54, 1.807) is 0 Å². The average molecular weight is 226 g/mol. The van der Waals surface area contributed by atoms with Crippen molar-refractivity contribution in [2.75, 3.05) is 13.6 Å². The number of nitrogens with one attached hydrogen (secondary N) is 2. The Hall–Kier alpha value is -2.11. The number of benzene rings is 1. The van der Waals surface area contributed by atoms with Gasteiger partial charge >= 0.3 is 0 Å². The summed E-state index contributed by atoms with van der Waals surface area (Å²) in [5, 5.41) is 13.8. The van der Waals surface area contributed by atoms with E-state index in [1.807, 2.05) is 0 Å². The van der Waals surface area contributed by atoms with Gasteiger partial charge in [0.05, 0.1) is 12.1 Å². The maximum atomic E-state index is 12.8. The second kappa shape index (κ2) is 5.11. The van der Waals surface area contributed by atoms with Gasteiger partial charge in [-0.2, -0.15) is 0 Å². The first kappa shape index (κ1) is 12.0. The maximum absolute atomic E-state index is 12.8. The zero-order valence-corrected chi connectivity index (χ0v) is 8.58. The maximum Gasteiger partial charge on any atom is 0.255 e. The van der Waals surface area contributed by atoms with Crippen LogP contribution in [-0.4, -0.2) is 30.5 Å². The molecule has 1 rings (SSSR count). The molecule has 0 unspecified atom stereocenters. The number of likely N-dealkylation sites (N-methyl/N-ethyl adjacent to an activating group) is 1. The molecule has 0 spiro atoms. The van der Waals surface area contributed by atoms with Crippen molar-refractivity contribution < 1.29 is 19.1 Å². The summed E-state index contributed by atoms with van der Waals surface area (Å²) < 4.78 is 12.8. The van der Waals surface area contributed by atoms with Gasteiger partial charge in [0.2, 0.25) is 5.91 Å². The van der Waals surface area contributed by atoms with Gasteiger partial charge < -0.3 is 15.7 Å². The lowest BCUT2D eigenvalue weighted by Gasteiger charge is -2.05. The molecule has 0 atom stereocenters. The van der Waals surface area contributed by atoms with Gasteiger partial charge in [-0.25, -0.2) is 4.39 Å². The van der Waals surface area contributed by atoms with E-state index in [2.05, 4.69) is 10.6 Å². The monoisotopic (exact) mass is 226 g/mol.